The number of carbonyl (C=O) groups is 1. The molecular weight excluding hydrogens is 426 g/mol. The van der Waals surface area contributed by atoms with E-state index in [-0.39, 0.29) is 17.8 Å². The Morgan fingerprint density at radius 2 is 1.91 bits per heavy atom. The Labute approximate surface area is 189 Å². The summed E-state index contributed by atoms with van der Waals surface area (Å²) >= 11 is 6.45. The molecule has 156 valence electrons. The van der Waals surface area contributed by atoms with Gasteiger partial charge in [0.2, 0.25) is 5.91 Å². The fraction of sp³-hybridized carbons (Fsp3) is 0.174. The maximum absolute atomic E-state index is 12.0. The number of nitrogen functional groups attached to an aromatic ring is 1. The molecule has 1 unspecified atom stereocenters. The van der Waals surface area contributed by atoms with E-state index in [2.05, 4.69) is 28.5 Å². The van der Waals surface area contributed by atoms with Crippen LogP contribution in [-0.4, -0.2) is 38.7 Å². The van der Waals surface area contributed by atoms with Gasteiger partial charge in [0.05, 0.1) is 51.4 Å². The highest BCUT2D eigenvalue weighted by molar-refractivity contribution is 6.35. The van der Waals surface area contributed by atoms with Crippen LogP contribution >= 0.6 is 11.6 Å². The van der Waals surface area contributed by atoms with Crippen LogP contribution in [0.25, 0.3) is 10.9 Å². The van der Waals surface area contributed by atoms with Gasteiger partial charge >= 0.3 is 0 Å². The minimum Gasteiger partial charge on any atom is -0.383 e. The van der Waals surface area contributed by atoms with Crippen molar-refractivity contribution in [3.05, 3.63) is 64.5 Å². The van der Waals surface area contributed by atoms with Crippen LogP contribution in [-0.2, 0) is 4.79 Å². The van der Waals surface area contributed by atoms with E-state index in [1.165, 1.54) is 18.3 Å². The van der Waals surface area contributed by atoms with E-state index in [0.29, 0.717) is 57.8 Å². The summed E-state index contributed by atoms with van der Waals surface area (Å²) in [7, 11) is 0. The zero-order valence-corrected chi connectivity index (χ0v) is 17.6. The maximum Gasteiger partial charge on any atom is 0.246 e. The summed E-state index contributed by atoms with van der Waals surface area (Å²) < 4.78 is 1.75. The zero-order valence-electron chi connectivity index (χ0n) is 16.8. The molecule has 0 bridgehead atoms. The van der Waals surface area contributed by atoms with E-state index in [1.807, 2.05) is 12.1 Å². The van der Waals surface area contributed by atoms with Gasteiger partial charge in [-0.1, -0.05) is 24.1 Å². The first-order chi connectivity index (χ1) is 15.4. The van der Waals surface area contributed by atoms with E-state index in [0.717, 1.165) is 0 Å². The van der Waals surface area contributed by atoms with Gasteiger partial charge in [-0.2, -0.15) is 15.6 Å². The Morgan fingerprint density at radius 3 is 2.56 bits per heavy atom. The Morgan fingerprint density at radius 1 is 1.22 bits per heavy atom. The van der Waals surface area contributed by atoms with Crippen LogP contribution in [0, 0.1) is 34.5 Å². The number of nitrogens with two attached hydrogens (primary N) is 1. The van der Waals surface area contributed by atoms with Crippen molar-refractivity contribution in [3.8, 4) is 24.0 Å². The van der Waals surface area contributed by atoms with Crippen LogP contribution in [0.5, 0.6) is 0 Å². The van der Waals surface area contributed by atoms with Crippen molar-refractivity contribution < 1.29 is 4.79 Å². The standard InChI is InChI=1S/C23H16ClN7O/c1-2-20(32)30-6-5-17(13-30)31-22-18(24)12-28-23(27)21(22)19(29-31)4-3-14-7-15(10-25)9-16(8-14)11-26/h2,7-9,12,17H,1,5-6,13H2,(H2,27,28). The second kappa shape index (κ2) is 8.43. The molecule has 0 spiro atoms. The van der Waals surface area contributed by atoms with E-state index in [9.17, 15) is 15.3 Å². The number of fused-ring (bicyclic) bond motifs is 1. The van der Waals surface area contributed by atoms with Gasteiger partial charge in [0.25, 0.3) is 0 Å². The monoisotopic (exact) mass is 441 g/mol. The Balaban J connectivity index is 1.82. The summed E-state index contributed by atoms with van der Waals surface area (Å²) in [5.41, 5.74) is 8.30. The molecule has 1 atom stereocenters. The molecule has 1 fully saturated rings. The number of benzene rings is 1. The average Bonchev–Trinajstić information content (AvgIpc) is 3.45. The third kappa shape index (κ3) is 3.74. The third-order valence-electron chi connectivity index (χ3n) is 5.22. The molecule has 1 aliphatic rings. The highest BCUT2D eigenvalue weighted by Gasteiger charge is 2.29. The van der Waals surface area contributed by atoms with Crippen LogP contribution in [0.4, 0.5) is 5.82 Å². The van der Waals surface area contributed by atoms with Gasteiger partial charge in [0.1, 0.15) is 11.5 Å². The number of halogens is 1. The lowest BCUT2D eigenvalue weighted by Crippen LogP contribution is -2.27. The molecule has 9 heteroatoms. The van der Waals surface area contributed by atoms with Crippen molar-refractivity contribution >= 4 is 34.2 Å². The van der Waals surface area contributed by atoms with Gasteiger partial charge in [-0.15, -0.1) is 0 Å². The summed E-state index contributed by atoms with van der Waals surface area (Å²) in [4.78, 5) is 17.8. The molecule has 3 heterocycles. The fourth-order valence-electron chi connectivity index (χ4n) is 3.74. The largest absolute Gasteiger partial charge is 0.383 e. The average molecular weight is 442 g/mol. The van der Waals surface area contributed by atoms with Crippen LogP contribution in [0.1, 0.15) is 34.8 Å². The van der Waals surface area contributed by atoms with Gasteiger partial charge in [-0.3, -0.25) is 9.48 Å². The third-order valence-corrected chi connectivity index (χ3v) is 5.50. The van der Waals surface area contributed by atoms with Crippen molar-refractivity contribution in [2.45, 2.75) is 12.5 Å². The summed E-state index contributed by atoms with van der Waals surface area (Å²) in [6.07, 6.45) is 3.45. The van der Waals surface area contributed by atoms with Crippen molar-refractivity contribution in [1.82, 2.24) is 19.7 Å². The minimum absolute atomic E-state index is 0.108. The molecular formula is C23H16ClN7O. The molecule has 2 aromatic heterocycles. The predicted molar refractivity (Wildman–Crippen MR) is 119 cm³/mol. The quantitative estimate of drug-likeness (QED) is 0.481. The minimum atomic E-state index is -0.137. The van der Waals surface area contributed by atoms with Crippen molar-refractivity contribution in [2.75, 3.05) is 18.8 Å². The smallest absolute Gasteiger partial charge is 0.246 e. The summed E-state index contributed by atoms with van der Waals surface area (Å²) in [5.74, 6) is 6.04. The van der Waals surface area contributed by atoms with E-state index in [1.54, 1.807) is 21.7 Å². The molecule has 4 rings (SSSR count). The molecule has 8 nitrogen and oxygen atoms in total. The highest BCUT2D eigenvalue weighted by Crippen LogP contribution is 2.33. The van der Waals surface area contributed by atoms with E-state index < -0.39 is 0 Å². The van der Waals surface area contributed by atoms with Gasteiger partial charge in [-0.25, -0.2) is 4.98 Å². The van der Waals surface area contributed by atoms with Crippen LogP contribution in [0.3, 0.4) is 0 Å². The number of nitrogens with zero attached hydrogens (tertiary/aromatic N) is 6. The molecule has 2 N–H and O–H groups in total. The van der Waals surface area contributed by atoms with Gasteiger partial charge < -0.3 is 10.6 Å². The Bertz CT molecular complexity index is 1380. The van der Waals surface area contributed by atoms with E-state index in [4.69, 9.17) is 17.3 Å². The molecule has 1 amide bonds. The Kier molecular flexibility index (Phi) is 5.52. The number of amides is 1. The van der Waals surface area contributed by atoms with Crippen molar-refractivity contribution in [2.24, 2.45) is 0 Å². The number of hydrogen-bond acceptors (Lipinski definition) is 6. The first kappa shape index (κ1) is 20.9. The topological polar surface area (TPSA) is 125 Å². The van der Waals surface area contributed by atoms with E-state index >= 15 is 0 Å². The molecule has 0 radical (unpaired) electrons. The number of pyridine rings is 1. The number of hydrogen-bond donors (Lipinski definition) is 1. The summed E-state index contributed by atoms with van der Waals surface area (Å²) in [6, 6.07) is 8.62. The SMILES string of the molecule is C=CC(=O)N1CCC(n2nc(C#Cc3cc(C#N)cc(C#N)c3)c3c(N)ncc(Cl)c32)C1. The lowest BCUT2D eigenvalue weighted by molar-refractivity contribution is -0.125. The second-order valence-corrected chi connectivity index (χ2v) is 7.62. The molecule has 3 aromatic rings. The molecule has 0 saturated carbocycles. The molecule has 1 saturated heterocycles. The first-order valence-corrected chi connectivity index (χ1v) is 10.0. The summed E-state index contributed by atoms with van der Waals surface area (Å²) in [6.45, 7) is 4.58. The molecule has 32 heavy (non-hydrogen) atoms. The first-order valence-electron chi connectivity index (χ1n) is 9.66. The normalized spacial score (nSPS) is 15.0. The van der Waals surface area contributed by atoms with Crippen LogP contribution in [0.15, 0.2) is 37.1 Å². The highest BCUT2D eigenvalue weighted by atomic mass is 35.5. The predicted octanol–water partition coefficient (Wildman–Crippen LogP) is 2.77. The van der Waals surface area contributed by atoms with Crippen LogP contribution < -0.4 is 5.73 Å². The number of rotatable bonds is 2. The number of aromatic nitrogens is 3. The van der Waals surface area contributed by atoms with Crippen molar-refractivity contribution in [3.63, 3.8) is 0 Å². The molecule has 1 aromatic carbocycles. The number of anilines is 1. The number of likely N-dealkylation sites (tertiary alicyclic amines) is 1. The molecule has 0 aliphatic carbocycles. The number of nitriles is 2. The lowest BCUT2D eigenvalue weighted by Gasteiger charge is -2.15. The fourth-order valence-corrected chi connectivity index (χ4v) is 3.97. The second-order valence-electron chi connectivity index (χ2n) is 7.21. The maximum atomic E-state index is 12.0. The number of carbonyl (C=O) groups excluding carboxylic acids is 1. The van der Waals surface area contributed by atoms with Gasteiger partial charge in [-0.05, 0) is 36.6 Å². The van der Waals surface area contributed by atoms with Crippen LogP contribution in [0.2, 0.25) is 5.02 Å². The van der Waals surface area contributed by atoms with Gasteiger partial charge in [0, 0.05) is 18.7 Å². The summed E-state index contributed by atoms with van der Waals surface area (Å²) in [5, 5.41) is 23.9. The zero-order chi connectivity index (χ0) is 22.8. The van der Waals surface area contributed by atoms with Gasteiger partial charge in [0.15, 0.2) is 0 Å². The lowest BCUT2D eigenvalue weighted by atomic mass is 10.1. The molecule has 1 aliphatic heterocycles. The van der Waals surface area contributed by atoms with Crippen molar-refractivity contribution in [1.29, 1.82) is 10.5 Å². The Hall–Kier alpha value is -4.32.